The van der Waals surface area contributed by atoms with Gasteiger partial charge < -0.3 is 9.47 Å². The van der Waals surface area contributed by atoms with Crippen molar-refractivity contribution >= 4 is 5.97 Å². The van der Waals surface area contributed by atoms with E-state index in [2.05, 4.69) is 6.07 Å². The number of hydrogen-bond acceptors (Lipinski definition) is 3. The summed E-state index contributed by atoms with van der Waals surface area (Å²) in [6, 6.07) is 6.11. The SMILES string of the molecule is CCOC(=O)C1CCOc2ccc(C)cc2C1. The minimum atomic E-state index is -0.106. The maximum Gasteiger partial charge on any atom is 0.309 e. The van der Waals surface area contributed by atoms with Crippen molar-refractivity contribution < 1.29 is 14.3 Å². The molecular formula is C14H18O3. The third-order valence-corrected chi connectivity index (χ3v) is 3.03. The van der Waals surface area contributed by atoms with E-state index in [1.165, 1.54) is 5.56 Å². The second-order valence-electron chi connectivity index (χ2n) is 4.40. The van der Waals surface area contributed by atoms with Gasteiger partial charge in [-0.2, -0.15) is 0 Å². The Kier molecular flexibility index (Phi) is 3.67. The van der Waals surface area contributed by atoms with Crippen molar-refractivity contribution in [3.8, 4) is 5.75 Å². The summed E-state index contributed by atoms with van der Waals surface area (Å²) in [5.74, 6) is 0.728. The summed E-state index contributed by atoms with van der Waals surface area (Å²) in [7, 11) is 0. The monoisotopic (exact) mass is 234 g/mol. The second kappa shape index (κ2) is 5.21. The zero-order valence-corrected chi connectivity index (χ0v) is 10.4. The lowest BCUT2D eigenvalue weighted by atomic mass is 9.96. The van der Waals surface area contributed by atoms with Crippen molar-refractivity contribution in [1.29, 1.82) is 0 Å². The zero-order chi connectivity index (χ0) is 12.3. The first kappa shape index (κ1) is 12.0. The van der Waals surface area contributed by atoms with Crippen LogP contribution in [-0.4, -0.2) is 19.2 Å². The topological polar surface area (TPSA) is 35.5 Å². The Hall–Kier alpha value is -1.51. The first-order chi connectivity index (χ1) is 8.20. The molecule has 0 aromatic heterocycles. The highest BCUT2D eigenvalue weighted by Crippen LogP contribution is 2.28. The van der Waals surface area contributed by atoms with Gasteiger partial charge >= 0.3 is 5.97 Å². The molecule has 0 saturated carbocycles. The third kappa shape index (κ3) is 2.78. The van der Waals surface area contributed by atoms with Crippen LogP contribution < -0.4 is 4.74 Å². The van der Waals surface area contributed by atoms with E-state index in [9.17, 15) is 4.79 Å². The van der Waals surface area contributed by atoms with Gasteiger partial charge in [0.1, 0.15) is 5.75 Å². The summed E-state index contributed by atoms with van der Waals surface area (Å²) in [5.41, 5.74) is 2.30. The van der Waals surface area contributed by atoms with E-state index in [0.717, 1.165) is 24.2 Å². The van der Waals surface area contributed by atoms with E-state index < -0.39 is 0 Å². The van der Waals surface area contributed by atoms with Crippen LogP contribution in [0.25, 0.3) is 0 Å². The van der Waals surface area contributed by atoms with Gasteiger partial charge in [0, 0.05) is 0 Å². The van der Waals surface area contributed by atoms with E-state index in [1.807, 2.05) is 26.0 Å². The van der Waals surface area contributed by atoms with Crippen LogP contribution >= 0.6 is 0 Å². The average Bonchev–Trinajstić information content (AvgIpc) is 2.50. The Labute approximate surface area is 102 Å². The Morgan fingerprint density at radius 1 is 1.53 bits per heavy atom. The molecule has 1 aliphatic rings. The number of rotatable bonds is 2. The van der Waals surface area contributed by atoms with E-state index >= 15 is 0 Å². The van der Waals surface area contributed by atoms with Crippen molar-refractivity contribution in [2.75, 3.05) is 13.2 Å². The lowest BCUT2D eigenvalue weighted by Gasteiger charge is -2.12. The maximum atomic E-state index is 11.8. The summed E-state index contributed by atoms with van der Waals surface area (Å²) < 4.78 is 10.7. The summed E-state index contributed by atoms with van der Waals surface area (Å²) in [5, 5.41) is 0. The van der Waals surface area contributed by atoms with E-state index in [0.29, 0.717) is 13.2 Å². The minimum Gasteiger partial charge on any atom is -0.493 e. The normalized spacial score (nSPS) is 18.8. The van der Waals surface area contributed by atoms with E-state index in [4.69, 9.17) is 9.47 Å². The lowest BCUT2D eigenvalue weighted by molar-refractivity contribution is -0.148. The molecule has 0 N–H and O–H groups in total. The number of benzene rings is 1. The van der Waals surface area contributed by atoms with Crippen LogP contribution in [0.15, 0.2) is 18.2 Å². The molecule has 0 bridgehead atoms. The fraction of sp³-hybridized carbons (Fsp3) is 0.500. The van der Waals surface area contributed by atoms with Crippen LogP contribution in [0.5, 0.6) is 5.75 Å². The highest BCUT2D eigenvalue weighted by Gasteiger charge is 2.24. The molecule has 17 heavy (non-hydrogen) atoms. The number of aryl methyl sites for hydroxylation is 1. The number of esters is 1. The predicted molar refractivity (Wildman–Crippen MR) is 65.1 cm³/mol. The molecule has 0 amide bonds. The van der Waals surface area contributed by atoms with Crippen LogP contribution in [0, 0.1) is 12.8 Å². The van der Waals surface area contributed by atoms with E-state index in [1.54, 1.807) is 0 Å². The van der Waals surface area contributed by atoms with Gasteiger partial charge in [0.15, 0.2) is 0 Å². The van der Waals surface area contributed by atoms with Crippen molar-refractivity contribution in [2.24, 2.45) is 5.92 Å². The van der Waals surface area contributed by atoms with Gasteiger partial charge in [-0.1, -0.05) is 17.7 Å². The largest absolute Gasteiger partial charge is 0.493 e. The van der Waals surface area contributed by atoms with Crippen LogP contribution in [-0.2, 0) is 16.0 Å². The molecule has 0 aliphatic carbocycles. The molecule has 2 rings (SSSR count). The minimum absolute atomic E-state index is 0.0713. The molecule has 1 unspecified atom stereocenters. The molecule has 1 aromatic rings. The average molecular weight is 234 g/mol. The fourth-order valence-electron chi connectivity index (χ4n) is 2.15. The van der Waals surface area contributed by atoms with Gasteiger partial charge in [-0.15, -0.1) is 0 Å². The van der Waals surface area contributed by atoms with Gasteiger partial charge in [-0.05, 0) is 38.3 Å². The number of hydrogen-bond donors (Lipinski definition) is 0. The van der Waals surface area contributed by atoms with Gasteiger partial charge in [0.2, 0.25) is 0 Å². The Morgan fingerprint density at radius 2 is 2.35 bits per heavy atom. The number of carbonyl (C=O) groups is 1. The van der Waals surface area contributed by atoms with Gasteiger partial charge in [-0.25, -0.2) is 0 Å². The molecule has 0 saturated heterocycles. The molecule has 3 heteroatoms. The molecule has 0 radical (unpaired) electrons. The number of ether oxygens (including phenoxy) is 2. The van der Waals surface area contributed by atoms with Crippen LogP contribution in [0.4, 0.5) is 0 Å². The number of fused-ring (bicyclic) bond motifs is 1. The summed E-state index contributed by atoms with van der Waals surface area (Å²) in [4.78, 5) is 11.8. The van der Waals surface area contributed by atoms with Gasteiger partial charge in [0.05, 0.1) is 19.1 Å². The summed E-state index contributed by atoms with van der Waals surface area (Å²) in [6.07, 6.45) is 1.45. The molecule has 0 spiro atoms. The molecule has 3 nitrogen and oxygen atoms in total. The maximum absolute atomic E-state index is 11.8. The van der Waals surface area contributed by atoms with Crippen molar-refractivity contribution in [1.82, 2.24) is 0 Å². The van der Waals surface area contributed by atoms with Crippen molar-refractivity contribution in [2.45, 2.75) is 26.7 Å². The highest BCUT2D eigenvalue weighted by atomic mass is 16.5. The molecule has 1 aliphatic heterocycles. The third-order valence-electron chi connectivity index (χ3n) is 3.03. The predicted octanol–water partition coefficient (Wildman–Crippen LogP) is 2.50. The quantitative estimate of drug-likeness (QED) is 0.737. The van der Waals surface area contributed by atoms with Gasteiger partial charge in [-0.3, -0.25) is 4.79 Å². The lowest BCUT2D eigenvalue weighted by Crippen LogP contribution is -2.20. The van der Waals surface area contributed by atoms with Gasteiger partial charge in [0.25, 0.3) is 0 Å². The highest BCUT2D eigenvalue weighted by molar-refractivity contribution is 5.73. The Balaban J connectivity index is 2.18. The van der Waals surface area contributed by atoms with Crippen LogP contribution in [0.1, 0.15) is 24.5 Å². The number of carbonyl (C=O) groups excluding carboxylic acids is 1. The zero-order valence-electron chi connectivity index (χ0n) is 10.4. The standard InChI is InChI=1S/C14H18O3/c1-3-16-14(15)11-6-7-17-13-5-4-10(2)8-12(13)9-11/h4-5,8,11H,3,6-7,9H2,1-2H3. The van der Waals surface area contributed by atoms with Crippen LogP contribution in [0.3, 0.4) is 0 Å². The smallest absolute Gasteiger partial charge is 0.309 e. The Bertz CT molecular complexity index is 412. The summed E-state index contributed by atoms with van der Waals surface area (Å²) >= 11 is 0. The van der Waals surface area contributed by atoms with E-state index in [-0.39, 0.29) is 11.9 Å². The molecule has 92 valence electrons. The molecule has 1 atom stereocenters. The summed E-state index contributed by atoms with van der Waals surface area (Å²) in [6.45, 7) is 4.91. The Morgan fingerprint density at radius 3 is 3.12 bits per heavy atom. The molecular weight excluding hydrogens is 216 g/mol. The first-order valence-electron chi connectivity index (χ1n) is 6.09. The molecule has 0 fully saturated rings. The molecule has 1 aromatic carbocycles. The second-order valence-corrected chi connectivity index (χ2v) is 4.40. The fourth-order valence-corrected chi connectivity index (χ4v) is 2.15. The first-order valence-corrected chi connectivity index (χ1v) is 6.09. The molecule has 1 heterocycles. The van der Waals surface area contributed by atoms with Crippen LogP contribution in [0.2, 0.25) is 0 Å². The van der Waals surface area contributed by atoms with Crippen molar-refractivity contribution in [3.05, 3.63) is 29.3 Å². The van der Waals surface area contributed by atoms with Crippen molar-refractivity contribution in [3.63, 3.8) is 0 Å².